The molecule has 0 bridgehead atoms. The number of hydrogen-bond donors (Lipinski definition) is 1. The van der Waals surface area contributed by atoms with Crippen molar-refractivity contribution in [2.45, 2.75) is 25.4 Å². The molecule has 1 aromatic rings. The van der Waals surface area contributed by atoms with E-state index in [2.05, 4.69) is 23.5 Å². The van der Waals surface area contributed by atoms with Crippen LogP contribution in [0.5, 0.6) is 5.75 Å². The summed E-state index contributed by atoms with van der Waals surface area (Å²) in [6, 6.07) is 7.07. The van der Waals surface area contributed by atoms with E-state index < -0.39 is 0 Å². The van der Waals surface area contributed by atoms with Gasteiger partial charge in [0.05, 0.1) is 7.11 Å². The highest BCUT2D eigenvalue weighted by Crippen LogP contribution is 2.44. The van der Waals surface area contributed by atoms with Gasteiger partial charge < -0.3 is 10.1 Å². The number of hydrogen-bond acceptors (Lipinski definition) is 2. The molecule has 2 nitrogen and oxygen atoms in total. The van der Waals surface area contributed by atoms with E-state index in [9.17, 15) is 0 Å². The van der Waals surface area contributed by atoms with Crippen LogP contribution < -0.4 is 10.1 Å². The van der Waals surface area contributed by atoms with Crippen molar-refractivity contribution in [1.82, 2.24) is 5.32 Å². The number of methoxy groups -OCH3 is 1. The quantitative estimate of drug-likeness (QED) is 0.770. The summed E-state index contributed by atoms with van der Waals surface area (Å²) in [4.78, 5) is 0. The lowest BCUT2D eigenvalue weighted by Crippen LogP contribution is -2.13. The van der Waals surface area contributed by atoms with Gasteiger partial charge in [-0.25, -0.2) is 0 Å². The highest BCUT2D eigenvalue weighted by atomic mass is 16.5. The molecular formula is C12H15NO. The molecule has 0 radical (unpaired) electrons. The fraction of sp³-hybridized carbons (Fsp3) is 0.500. The molecule has 2 heteroatoms. The van der Waals surface area contributed by atoms with Crippen LogP contribution in [0.3, 0.4) is 0 Å². The van der Waals surface area contributed by atoms with Gasteiger partial charge in [-0.05, 0) is 42.0 Å². The van der Waals surface area contributed by atoms with E-state index in [4.69, 9.17) is 4.74 Å². The fourth-order valence-corrected chi connectivity index (χ4v) is 2.35. The standard InChI is InChI=1S/C12H15NO/c1-14-10-4-5-11-9(6-10)7-13-12(11)8-2-3-8/h4-6,8,12-13H,2-3,7H2,1H3. The summed E-state index contributed by atoms with van der Waals surface area (Å²) in [5.41, 5.74) is 2.91. The second-order valence-corrected chi connectivity index (χ2v) is 4.26. The first-order valence-electron chi connectivity index (χ1n) is 5.28. The second kappa shape index (κ2) is 2.99. The predicted molar refractivity (Wildman–Crippen MR) is 55.3 cm³/mol. The van der Waals surface area contributed by atoms with Crippen LogP contribution in [-0.4, -0.2) is 7.11 Å². The number of rotatable bonds is 2. The minimum atomic E-state index is 0.621. The third-order valence-electron chi connectivity index (χ3n) is 3.29. The van der Waals surface area contributed by atoms with Crippen LogP contribution in [0.2, 0.25) is 0 Å². The van der Waals surface area contributed by atoms with Gasteiger partial charge in [-0.1, -0.05) is 6.07 Å². The summed E-state index contributed by atoms with van der Waals surface area (Å²) < 4.78 is 5.22. The maximum Gasteiger partial charge on any atom is 0.119 e. The van der Waals surface area contributed by atoms with Crippen LogP contribution in [0.4, 0.5) is 0 Å². The molecule has 1 aliphatic heterocycles. The van der Waals surface area contributed by atoms with Gasteiger partial charge in [0.25, 0.3) is 0 Å². The third kappa shape index (κ3) is 1.22. The summed E-state index contributed by atoms with van der Waals surface area (Å²) in [5, 5.41) is 3.58. The Morgan fingerprint density at radius 3 is 2.93 bits per heavy atom. The molecule has 74 valence electrons. The van der Waals surface area contributed by atoms with E-state index in [1.165, 1.54) is 24.0 Å². The second-order valence-electron chi connectivity index (χ2n) is 4.26. The molecule has 3 rings (SSSR count). The largest absolute Gasteiger partial charge is 0.497 e. The topological polar surface area (TPSA) is 21.3 Å². The van der Waals surface area contributed by atoms with Crippen molar-refractivity contribution in [2.75, 3.05) is 7.11 Å². The van der Waals surface area contributed by atoms with Gasteiger partial charge in [0.1, 0.15) is 5.75 Å². The van der Waals surface area contributed by atoms with Crippen LogP contribution in [0.1, 0.15) is 30.0 Å². The summed E-state index contributed by atoms with van der Waals surface area (Å²) in [6.07, 6.45) is 2.78. The Bertz CT molecular complexity index is 357. The van der Waals surface area contributed by atoms with Gasteiger partial charge in [-0.2, -0.15) is 0 Å². The molecule has 14 heavy (non-hydrogen) atoms. The number of fused-ring (bicyclic) bond motifs is 1. The SMILES string of the molecule is COc1ccc2c(c1)CNC2C1CC1. The van der Waals surface area contributed by atoms with E-state index in [1.807, 2.05) is 0 Å². The summed E-state index contributed by atoms with van der Waals surface area (Å²) >= 11 is 0. The van der Waals surface area contributed by atoms with Gasteiger partial charge in [0.15, 0.2) is 0 Å². The number of ether oxygens (including phenoxy) is 1. The average molecular weight is 189 g/mol. The normalized spacial score (nSPS) is 24.8. The molecule has 1 saturated carbocycles. The number of benzene rings is 1. The molecule has 2 aliphatic rings. The van der Waals surface area contributed by atoms with Crippen molar-refractivity contribution < 1.29 is 4.74 Å². The van der Waals surface area contributed by atoms with Crippen molar-refractivity contribution in [3.8, 4) is 5.75 Å². The van der Waals surface area contributed by atoms with Crippen molar-refractivity contribution >= 4 is 0 Å². The van der Waals surface area contributed by atoms with Gasteiger partial charge in [-0.3, -0.25) is 0 Å². The lowest BCUT2D eigenvalue weighted by molar-refractivity contribution is 0.414. The molecule has 1 aliphatic carbocycles. The lowest BCUT2D eigenvalue weighted by atomic mass is 10.0. The van der Waals surface area contributed by atoms with Gasteiger partial charge in [-0.15, -0.1) is 0 Å². The molecule has 1 fully saturated rings. The fourth-order valence-electron chi connectivity index (χ4n) is 2.35. The van der Waals surface area contributed by atoms with Crippen LogP contribution in [0.25, 0.3) is 0 Å². The van der Waals surface area contributed by atoms with Gasteiger partial charge in [0.2, 0.25) is 0 Å². The Balaban J connectivity index is 1.95. The zero-order valence-corrected chi connectivity index (χ0v) is 8.42. The first-order chi connectivity index (χ1) is 6.88. The Morgan fingerprint density at radius 1 is 1.36 bits per heavy atom. The highest BCUT2D eigenvalue weighted by Gasteiger charge is 2.36. The molecular weight excluding hydrogens is 174 g/mol. The minimum Gasteiger partial charge on any atom is -0.497 e. The maximum absolute atomic E-state index is 5.22. The van der Waals surface area contributed by atoms with E-state index in [-0.39, 0.29) is 0 Å². The number of nitrogens with one attached hydrogen (secondary N) is 1. The summed E-state index contributed by atoms with van der Waals surface area (Å²) in [6.45, 7) is 1.01. The van der Waals surface area contributed by atoms with E-state index in [0.29, 0.717) is 6.04 Å². The first kappa shape index (κ1) is 8.30. The molecule has 0 spiro atoms. The van der Waals surface area contributed by atoms with Gasteiger partial charge in [0, 0.05) is 12.6 Å². The Labute approximate surface area is 84.3 Å². The molecule has 0 aromatic heterocycles. The molecule has 1 heterocycles. The van der Waals surface area contributed by atoms with Crippen molar-refractivity contribution in [3.05, 3.63) is 29.3 Å². The van der Waals surface area contributed by atoms with Crippen LogP contribution in [-0.2, 0) is 6.54 Å². The molecule has 1 N–H and O–H groups in total. The van der Waals surface area contributed by atoms with Crippen LogP contribution in [0, 0.1) is 5.92 Å². The molecule has 1 unspecified atom stereocenters. The monoisotopic (exact) mass is 189 g/mol. The Kier molecular flexibility index (Phi) is 1.77. The lowest BCUT2D eigenvalue weighted by Gasteiger charge is -2.10. The van der Waals surface area contributed by atoms with Crippen LogP contribution in [0.15, 0.2) is 18.2 Å². The zero-order valence-electron chi connectivity index (χ0n) is 8.42. The molecule has 0 saturated heterocycles. The maximum atomic E-state index is 5.22. The van der Waals surface area contributed by atoms with Crippen molar-refractivity contribution in [3.63, 3.8) is 0 Å². The molecule has 1 aromatic carbocycles. The average Bonchev–Trinajstić information content (AvgIpc) is 2.98. The summed E-state index contributed by atoms with van der Waals surface area (Å²) in [7, 11) is 1.72. The Hall–Kier alpha value is -1.02. The van der Waals surface area contributed by atoms with E-state index >= 15 is 0 Å². The Morgan fingerprint density at radius 2 is 2.21 bits per heavy atom. The van der Waals surface area contributed by atoms with Crippen molar-refractivity contribution in [1.29, 1.82) is 0 Å². The molecule has 1 atom stereocenters. The van der Waals surface area contributed by atoms with Gasteiger partial charge >= 0.3 is 0 Å². The third-order valence-corrected chi connectivity index (χ3v) is 3.29. The van der Waals surface area contributed by atoms with E-state index in [0.717, 1.165) is 18.2 Å². The summed E-state index contributed by atoms with van der Waals surface area (Å²) in [5.74, 6) is 1.87. The smallest absolute Gasteiger partial charge is 0.119 e. The van der Waals surface area contributed by atoms with E-state index in [1.54, 1.807) is 7.11 Å². The highest BCUT2D eigenvalue weighted by molar-refractivity contribution is 5.40. The first-order valence-corrected chi connectivity index (χ1v) is 5.28. The zero-order chi connectivity index (χ0) is 9.54. The predicted octanol–water partition coefficient (Wildman–Crippen LogP) is 2.25. The van der Waals surface area contributed by atoms with Crippen molar-refractivity contribution in [2.24, 2.45) is 5.92 Å². The van der Waals surface area contributed by atoms with Crippen LogP contribution >= 0.6 is 0 Å². The minimum absolute atomic E-state index is 0.621. The molecule has 0 amide bonds.